The molecular weight excluding hydrogens is 312 g/mol. The maximum atomic E-state index is 12.8. The van der Waals surface area contributed by atoms with Crippen molar-refractivity contribution in [3.05, 3.63) is 35.2 Å². The molecule has 1 amide bonds. The Hall–Kier alpha value is -1.92. The number of carboxylic acid groups (broad SMARTS) is 1. The van der Waals surface area contributed by atoms with Crippen molar-refractivity contribution in [1.29, 1.82) is 0 Å². The fourth-order valence-corrected chi connectivity index (χ4v) is 5.05. The Morgan fingerprint density at radius 1 is 1.26 bits per heavy atom. The summed E-state index contributed by atoms with van der Waals surface area (Å²) in [6.45, 7) is 2.10. The highest BCUT2D eigenvalue weighted by atomic mass is 32.1. The first kappa shape index (κ1) is 14.7. The number of likely N-dealkylation sites (tertiary alicyclic amines) is 2. The number of thiophene rings is 1. The maximum Gasteiger partial charge on any atom is 0.313 e. The first-order chi connectivity index (χ1) is 11.0. The van der Waals surface area contributed by atoms with E-state index in [9.17, 15) is 14.7 Å². The van der Waals surface area contributed by atoms with Crippen LogP contribution < -0.4 is 0 Å². The normalized spacial score (nSPS) is 27.5. The average molecular weight is 330 g/mol. The molecule has 0 bridgehead atoms. The van der Waals surface area contributed by atoms with Crippen LogP contribution >= 0.6 is 11.3 Å². The Bertz CT molecular complexity index is 769. The van der Waals surface area contributed by atoms with Gasteiger partial charge < -0.3 is 14.9 Å². The van der Waals surface area contributed by atoms with Crippen molar-refractivity contribution in [1.82, 2.24) is 9.80 Å². The first-order valence-corrected chi connectivity index (χ1v) is 8.51. The number of amides is 1. The predicted octanol–water partition coefficient (Wildman–Crippen LogP) is 1.99. The number of benzene rings is 1. The van der Waals surface area contributed by atoms with E-state index in [2.05, 4.69) is 4.90 Å². The maximum absolute atomic E-state index is 12.8. The molecule has 6 heteroatoms. The summed E-state index contributed by atoms with van der Waals surface area (Å²) in [5.41, 5.74) is -0.804. The molecule has 2 atom stereocenters. The number of rotatable bonds is 2. The Balaban J connectivity index is 1.62. The molecule has 1 aromatic carbocycles. The predicted molar refractivity (Wildman–Crippen MR) is 88.8 cm³/mol. The molecule has 0 spiro atoms. The molecular formula is C17H18N2O3S. The van der Waals surface area contributed by atoms with Gasteiger partial charge in [-0.15, -0.1) is 11.3 Å². The van der Waals surface area contributed by atoms with Crippen molar-refractivity contribution >= 4 is 33.3 Å². The third-order valence-corrected chi connectivity index (χ3v) is 6.23. The number of fused-ring (bicyclic) bond motifs is 2. The van der Waals surface area contributed by atoms with Gasteiger partial charge in [0.2, 0.25) is 0 Å². The van der Waals surface area contributed by atoms with Gasteiger partial charge in [-0.2, -0.15) is 0 Å². The second-order valence-electron chi connectivity index (χ2n) is 6.69. The molecule has 0 saturated carbocycles. The molecule has 120 valence electrons. The zero-order chi connectivity index (χ0) is 16.2. The number of carbonyl (C=O) groups excluding carboxylic acids is 1. The molecule has 4 rings (SSSR count). The van der Waals surface area contributed by atoms with Gasteiger partial charge in [-0.05, 0) is 24.6 Å². The zero-order valence-electron chi connectivity index (χ0n) is 12.9. The van der Waals surface area contributed by atoms with Gasteiger partial charge >= 0.3 is 5.97 Å². The molecule has 2 saturated heterocycles. The van der Waals surface area contributed by atoms with E-state index in [0.29, 0.717) is 24.5 Å². The van der Waals surface area contributed by atoms with Crippen molar-refractivity contribution < 1.29 is 14.7 Å². The number of hydrogen-bond donors (Lipinski definition) is 1. The molecule has 0 aliphatic carbocycles. The van der Waals surface area contributed by atoms with Crippen molar-refractivity contribution in [2.45, 2.75) is 0 Å². The van der Waals surface area contributed by atoms with Crippen LogP contribution in [0.4, 0.5) is 0 Å². The highest BCUT2D eigenvalue weighted by molar-refractivity contribution is 7.20. The summed E-state index contributed by atoms with van der Waals surface area (Å²) in [5.74, 6) is -0.800. The van der Waals surface area contributed by atoms with Crippen molar-refractivity contribution in [2.75, 3.05) is 33.2 Å². The van der Waals surface area contributed by atoms with E-state index in [1.165, 1.54) is 11.3 Å². The van der Waals surface area contributed by atoms with Gasteiger partial charge in [-0.25, -0.2) is 0 Å². The minimum Gasteiger partial charge on any atom is -0.481 e. The van der Waals surface area contributed by atoms with Gasteiger partial charge in [0.25, 0.3) is 5.91 Å². The van der Waals surface area contributed by atoms with Gasteiger partial charge in [0.1, 0.15) is 5.41 Å². The lowest BCUT2D eigenvalue weighted by Gasteiger charge is -2.23. The summed E-state index contributed by atoms with van der Waals surface area (Å²) in [7, 11) is 1.95. The third kappa shape index (κ3) is 2.16. The van der Waals surface area contributed by atoms with Crippen LogP contribution in [0.1, 0.15) is 9.67 Å². The lowest BCUT2D eigenvalue weighted by Crippen LogP contribution is -2.41. The highest BCUT2D eigenvalue weighted by Crippen LogP contribution is 2.43. The van der Waals surface area contributed by atoms with Gasteiger partial charge in [-0.3, -0.25) is 9.59 Å². The summed E-state index contributed by atoms with van der Waals surface area (Å²) < 4.78 is 1.09. The van der Waals surface area contributed by atoms with Crippen molar-refractivity contribution in [2.24, 2.45) is 11.3 Å². The van der Waals surface area contributed by atoms with Crippen molar-refractivity contribution in [3.63, 3.8) is 0 Å². The van der Waals surface area contributed by atoms with Crippen LogP contribution in [0, 0.1) is 11.3 Å². The van der Waals surface area contributed by atoms with E-state index < -0.39 is 11.4 Å². The molecule has 0 unspecified atom stereocenters. The SMILES string of the molecule is CN1C[C@H]2CN(C(=O)c3cc4ccccc4s3)C[C@@]2(C(=O)O)C1. The summed E-state index contributed by atoms with van der Waals surface area (Å²) >= 11 is 1.48. The summed E-state index contributed by atoms with van der Waals surface area (Å²) in [6, 6.07) is 9.83. The van der Waals surface area contributed by atoms with Crippen molar-refractivity contribution in [3.8, 4) is 0 Å². The van der Waals surface area contributed by atoms with Gasteiger partial charge in [-0.1, -0.05) is 18.2 Å². The zero-order valence-corrected chi connectivity index (χ0v) is 13.7. The average Bonchev–Trinajstić information content (AvgIpc) is 3.15. The molecule has 2 fully saturated rings. The topological polar surface area (TPSA) is 60.9 Å². The Morgan fingerprint density at radius 3 is 2.74 bits per heavy atom. The van der Waals surface area contributed by atoms with E-state index >= 15 is 0 Å². The van der Waals surface area contributed by atoms with Crippen LogP contribution in [0.3, 0.4) is 0 Å². The highest BCUT2D eigenvalue weighted by Gasteiger charge is 2.57. The molecule has 2 aliphatic heterocycles. The molecule has 0 radical (unpaired) electrons. The van der Waals surface area contributed by atoms with Crippen LogP contribution in [0.2, 0.25) is 0 Å². The smallest absolute Gasteiger partial charge is 0.313 e. The van der Waals surface area contributed by atoms with Crippen LogP contribution in [0.15, 0.2) is 30.3 Å². The third-order valence-electron chi connectivity index (χ3n) is 5.13. The quantitative estimate of drug-likeness (QED) is 0.915. The summed E-state index contributed by atoms with van der Waals surface area (Å²) in [4.78, 5) is 29.1. The second-order valence-corrected chi connectivity index (χ2v) is 7.77. The monoisotopic (exact) mass is 330 g/mol. The first-order valence-electron chi connectivity index (χ1n) is 7.69. The number of hydrogen-bond acceptors (Lipinski definition) is 4. The molecule has 2 aromatic rings. The van der Waals surface area contributed by atoms with E-state index in [1.54, 1.807) is 4.90 Å². The summed E-state index contributed by atoms with van der Waals surface area (Å²) in [5, 5.41) is 10.8. The van der Waals surface area contributed by atoms with Crippen LogP contribution in [-0.4, -0.2) is 60.0 Å². The standard InChI is InChI=1S/C17H18N2O3S/c1-18-7-12-8-19(10-17(12,9-18)16(21)22)15(20)14-6-11-4-2-3-5-13(11)23-14/h2-6,12H,7-10H2,1H3,(H,21,22)/t12-,17-/m0/s1. The van der Waals surface area contributed by atoms with Gasteiger partial charge in [0.05, 0.1) is 4.88 Å². The molecule has 1 aromatic heterocycles. The Kier molecular flexibility index (Phi) is 3.21. The van der Waals surface area contributed by atoms with E-state index in [0.717, 1.165) is 16.6 Å². The lowest BCUT2D eigenvalue weighted by atomic mass is 9.81. The fourth-order valence-electron chi connectivity index (χ4n) is 4.02. The summed E-state index contributed by atoms with van der Waals surface area (Å²) in [6.07, 6.45) is 0. The minimum atomic E-state index is -0.804. The lowest BCUT2D eigenvalue weighted by molar-refractivity contribution is -0.148. The van der Waals surface area contributed by atoms with E-state index in [4.69, 9.17) is 0 Å². The van der Waals surface area contributed by atoms with Crippen LogP contribution in [0.5, 0.6) is 0 Å². The number of carboxylic acids is 1. The molecule has 3 heterocycles. The molecule has 2 aliphatic rings. The van der Waals surface area contributed by atoms with E-state index in [-0.39, 0.29) is 11.8 Å². The van der Waals surface area contributed by atoms with Crippen LogP contribution in [-0.2, 0) is 4.79 Å². The second kappa shape index (κ2) is 5.04. The van der Waals surface area contributed by atoms with Gasteiger partial charge in [0.15, 0.2) is 0 Å². The molecule has 1 N–H and O–H groups in total. The molecule has 5 nitrogen and oxygen atoms in total. The molecule has 23 heavy (non-hydrogen) atoms. The number of nitrogens with zero attached hydrogens (tertiary/aromatic N) is 2. The largest absolute Gasteiger partial charge is 0.481 e. The minimum absolute atomic E-state index is 0.0170. The van der Waals surface area contributed by atoms with E-state index in [1.807, 2.05) is 37.4 Å². The van der Waals surface area contributed by atoms with Gasteiger partial charge in [0, 0.05) is 36.8 Å². The number of carbonyl (C=O) groups is 2. The Morgan fingerprint density at radius 2 is 2.04 bits per heavy atom. The fraction of sp³-hybridized carbons (Fsp3) is 0.412. The van der Waals surface area contributed by atoms with Crippen LogP contribution in [0.25, 0.3) is 10.1 Å². The Labute approximate surface area is 138 Å². The number of aliphatic carboxylic acids is 1.